The molecule has 2 N–H and O–H groups in total. The Balaban J connectivity index is 2.58. The molecule has 15 heavy (non-hydrogen) atoms. The van der Waals surface area contributed by atoms with Gasteiger partial charge in [0.15, 0.2) is 0 Å². The lowest BCUT2D eigenvalue weighted by Gasteiger charge is -2.02. The molecule has 2 rings (SSSR count). The number of nitrogens with zero attached hydrogens (tertiary/aromatic N) is 5. The third-order valence-electron chi connectivity index (χ3n) is 1.77. The molecule has 2 aromatic rings. The number of aromatic nitrogens is 5. The highest BCUT2D eigenvalue weighted by Gasteiger charge is 2.09. The molecule has 0 fully saturated rings. The number of anilines is 1. The Morgan fingerprint density at radius 3 is 2.53 bits per heavy atom. The van der Waals surface area contributed by atoms with Crippen molar-refractivity contribution in [2.75, 3.05) is 5.73 Å². The molecule has 0 atom stereocenters. The molecule has 0 spiro atoms. The highest BCUT2D eigenvalue weighted by molar-refractivity contribution is 6.29. The summed E-state index contributed by atoms with van der Waals surface area (Å²) < 4.78 is 1.50. The van der Waals surface area contributed by atoms with Crippen LogP contribution in [0.5, 0.6) is 0 Å². The number of nitrogens with two attached hydrogens (primary N) is 1. The molecule has 2 heterocycles. The maximum atomic E-state index is 5.77. The quantitative estimate of drug-likeness (QED) is 0.728. The van der Waals surface area contributed by atoms with E-state index in [-0.39, 0.29) is 5.15 Å². The van der Waals surface area contributed by atoms with Gasteiger partial charge in [-0.3, -0.25) is 0 Å². The smallest absolute Gasteiger partial charge is 0.255 e. The summed E-state index contributed by atoms with van der Waals surface area (Å²) in [6.45, 7) is 3.60. The van der Waals surface area contributed by atoms with Crippen LogP contribution in [-0.2, 0) is 0 Å². The van der Waals surface area contributed by atoms with Crippen LogP contribution in [0.2, 0.25) is 5.15 Å². The molecule has 0 saturated carbocycles. The van der Waals surface area contributed by atoms with E-state index in [1.54, 1.807) is 13.8 Å². The molecular formula is C8H9ClN6. The Morgan fingerprint density at radius 1 is 1.27 bits per heavy atom. The zero-order valence-corrected chi connectivity index (χ0v) is 9.02. The first-order valence-corrected chi connectivity index (χ1v) is 4.65. The highest BCUT2D eigenvalue weighted by Crippen LogP contribution is 2.12. The van der Waals surface area contributed by atoms with Gasteiger partial charge in [-0.25, -0.2) is 4.98 Å². The number of nitrogen functional groups attached to an aromatic ring is 1. The normalized spacial score (nSPS) is 10.6. The van der Waals surface area contributed by atoms with Gasteiger partial charge >= 0.3 is 0 Å². The van der Waals surface area contributed by atoms with E-state index in [9.17, 15) is 0 Å². The van der Waals surface area contributed by atoms with Crippen LogP contribution in [0.1, 0.15) is 11.6 Å². The van der Waals surface area contributed by atoms with E-state index in [1.165, 1.54) is 10.7 Å². The first-order valence-electron chi connectivity index (χ1n) is 4.27. The average Bonchev–Trinajstić information content (AvgIpc) is 2.43. The van der Waals surface area contributed by atoms with E-state index in [0.29, 0.717) is 23.4 Å². The Kier molecular flexibility index (Phi) is 2.28. The molecule has 6 nitrogen and oxygen atoms in total. The Bertz CT molecular complexity index is 486. The first-order chi connectivity index (χ1) is 7.06. The molecule has 0 amide bonds. The zero-order valence-electron chi connectivity index (χ0n) is 8.27. The van der Waals surface area contributed by atoms with Gasteiger partial charge in [0.25, 0.3) is 5.95 Å². The number of rotatable bonds is 1. The van der Waals surface area contributed by atoms with E-state index in [1.807, 2.05) is 0 Å². The Morgan fingerprint density at radius 2 is 2.00 bits per heavy atom. The van der Waals surface area contributed by atoms with Gasteiger partial charge in [-0.05, 0) is 13.8 Å². The van der Waals surface area contributed by atoms with Crippen LogP contribution in [0.15, 0.2) is 6.07 Å². The summed E-state index contributed by atoms with van der Waals surface area (Å²) in [4.78, 5) is 12.2. The lowest BCUT2D eigenvalue weighted by Crippen LogP contribution is -2.07. The minimum absolute atomic E-state index is 0.282. The largest absolute Gasteiger partial charge is 0.383 e. The molecule has 78 valence electrons. The summed E-state index contributed by atoms with van der Waals surface area (Å²) in [5.41, 5.74) is 5.56. The van der Waals surface area contributed by atoms with Gasteiger partial charge in [-0.15, -0.1) is 5.10 Å². The van der Waals surface area contributed by atoms with E-state index >= 15 is 0 Å². The molecule has 0 saturated heterocycles. The molecule has 0 aromatic carbocycles. The van der Waals surface area contributed by atoms with E-state index in [4.69, 9.17) is 17.3 Å². The van der Waals surface area contributed by atoms with Gasteiger partial charge in [0.1, 0.15) is 22.6 Å². The van der Waals surface area contributed by atoms with E-state index < -0.39 is 0 Å². The summed E-state index contributed by atoms with van der Waals surface area (Å²) in [6, 6.07) is 1.48. The number of hydrogen-bond acceptors (Lipinski definition) is 5. The number of halogens is 1. The second-order valence-corrected chi connectivity index (χ2v) is 3.42. The maximum absolute atomic E-state index is 5.77. The topological polar surface area (TPSA) is 82.5 Å². The molecule has 2 aromatic heterocycles. The molecule has 0 aliphatic carbocycles. The van der Waals surface area contributed by atoms with E-state index in [2.05, 4.69) is 20.1 Å². The van der Waals surface area contributed by atoms with Gasteiger partial charge in [0.2, 0.25) is 0 Å². The van der Waals surface area contributed by atoms with Crippen molar-refractivity contribution < 1.29 is 0 Å². The minimum atomic E-state index is 0.282. The van der Waals surface area contributed by atoms with Crippen LogP contribution in [0.3, 0.4) is 0 Å². The lowest BCUT2D eigenvalue weighted by atomic mass is 10.6. The third kappa shape index (κ3) is 1.89. The molecule has 0 radical (unpaired) electrons. The average molecular weight is 225 g/mol. The standard InChI is InChI=1S/C8H9ClN6/c1-4-11-5(2)15(14-4)8-12-6(9)3-7(10)13-8/h3H,1-2H3,(H2,10,12,13). The van der Waals surface area contributed by atoms with Gasteiger partial charge in [0.05, 0.1) is 0 Å². The van der Waals surface area contributed by atoms with Crippen LogP contribution in [0.4, 0.5) is 5.82 Å². The fourth-order valence-corrected chi connectivity index (χ4v) is 1.42. The Hall–Kier alpha value is -1.69. The third-order valence-corrected chi connectivity index (χ3v) is 1.96. The predicted octanol–water partition coefficient (Wildman–Crippen LogP) is 0.910. The first kappa shape index (κ1) is 9.85. The summed E-state index contributed by atoms with van der Waals surface area (Å²) in [5, 5.41) is 4.41. The van der Waals surface area contributed by atoms with Crippen LogP contribution < -0.4 is 5.73 Å². The number of aryl methyl sites for hydroxylation is 2. The van der Waals surface area contributed by atoms with Crippen LogP contribution in [0, 0.1) is 13.8 Å². The fraction of sp³-hybridized carbons (Fsp3) is 0.250. The molecule has 7 heteroatoms. The molecule has 0 unspecified atom stereocenters. The predicted molar refractivity (Wildman–Crippen MR) is 55.8 cm³/mol. The van der Waals surface area contributed by atoms with Crippen molar-refractivity contribution in [3.05, 3.63) is 22.9 Å². The highest BCUT2D eigenvalue weighted by atomic mass is 35.5. The van der Waals surface area contributed by atoms with Crippen molar-refractivity contribution >= 4 is 17.4 Å². The van der Waals surface area contributed by atoms with Gasteiger partial charge in [-0.2, -0.15) is 14.6 Å². The summed E-state index contributed by atoms with van der Waals surface area (Å²) in [6.07, 6.45) is 0. The lowest BCUT2D eigenvalue weighted by molar-refractivity contribution is 0.773. The van der Waals surface area contributed by atoms with Gasteiger partial charge < -0.3 is 5.73 Å². The Labute approximate surface area is 91.1 Å². The van der Waals surface area contributed by atoms with Gasteiger partial charge in [0, 0.05) is 6.07 Å². The van der Waals surface area contributed by atoms with Crippen molar-refractivity contribution in [1.82, 2.24) is 24.7 Å². The summed E-state index contributed by atoms with van der Waals surface area (Å²) in [7, 11) is 0. The number of hydrogen-bond donors (Lipinski definition) is 1. The van der Waals surface area contributed by atoms with Crippen LogP contribution in [0.25, 0.3) is 5.95 Å². The van der Waals surface area contributed by atoms with Crippen molar-refractivity contribution in [2.24, 2.45) is 0 Å². The van der Waals surface area contributed by atoms with Crippen molar-refractivity contribution in [3.8, 4) is 5.95 Å². The fourth-order valence-electron chi connectivity index (χ4n) is 1.23. The maximum Gasteiger partial charge on any atom is 0.255 e. The van der Waals surface area contributed by atoms with Gasteiger partial charge in [-0.1, -0.05) is 11.6 Å². The second kappa shape index (κ2) is 3.47. The summed E-state index contributed by atoms with van der Waals surface area (Å²) in [5.74, 6) is 1.97. The van der Waals surface area contributed by atoms with Crippen molar-refractivity contribution in [3.63, 3.8) is 0 Å². The molecule has 0 aliphatic heterocycles. The SMILES string of the molecule is Cc1nc(C)n(-c2nc(N)cc(Cl)n2)n1. The zero-order chi connectivity index (χ0) is 11.0. The van der Waals surface area contributed by atoms with E-state index in [0.717, 1.165) is 0 Å². The van der Waals surface area contributed by atoms with Crippen LogP contribution in [-0.4, -0.2) is 24.7 Å². The molecule has 0 aliphatic rings. The van der Waals surface area contributed by atoms with Crippen molar-refractivity contribution in [2.45, 2.75) is 13.8 Å². The molecular weight excluding hydrogens is 216 g/mol. The minimum Gasteiger partial charge on any atom is -0.383 e. The van der Waals surface area contributed by atoms with Crippen LogP contribution >= 0.6 is 11.6 Å². The second-order valence-electron chi connectivity index (χ2n) is 3.03. The molecule has 0 bridgehead atoms. The monoisotopic (exact) mass is 224 g/mol. The van der Waals surface area contributed by atoms with Crippen molar-refractivity contribution in [1.29, 1.82) is 0 Å². The summed E-state index contributed by atoms with van der Waals surface area (Å²) >= 11 is 5.77.